The highest BCUT2D eigenvalue weighted by Crippen LogP contribution is 2.15. The minimum atomic E-state index is 0.225. The Hall–Kier alpha value is -0.610. The van der Waals surface area contributed by atoms with Crippen LogP contribution in [0.25, 0.3) is 0 Å². The first-order valence-corrected chi connectivity index (χ1v) is 6.72. The Balaban J connectivity index is 2.14. The summed E-state index contributed by atoms with van der Waals surface area (Å²) < 4.78 is 0. The van der Waals surface area contributed by atoms with Crippen molar-refractivity contribution in [1.82, 2.24) is 15.5 Å². The first-order chi connectivity index (χ1) is 8.08. The summed E-state index contributed by atoms with van der Waals surface area (Å²) in [6, 6.07) is 0.284. The third kappa shape index (κ3) is 6.64. The van der Waals surface area contributed by atoms with Crippen LogP contribution in [0.15, 0.2) is 0 Å². The molecule has 0 aliphatic carbocycles. The predicted molar refractivity (Wildman–Crippen MR) is 71.0 cm³/mol. The summed E-state index contributed by atoms with van der Waals surface area (Å²) in [4.78, 5) is 14.0. The molecule has 0 bridgehead atoms. The molecule has 0 aromatic heterocycles. The molecule has 1 saturated heterocycles. The zero-order valence-electron chi connectivity index (χ0n) is 11.5. The summed E-state index contributed by atoms with van der Waals surface area (Å²) in [5.74, 6) is 0.806. The lowest BCUT2D eigenvalue weighted by Crippen LogP contribution is -2.37. The van der Waals surface area contributed by atoms with Gasteiger partial charge in [-0.25, -0.2) is 0 Å². The molecule has 0 aromatic carbocycles. The number of nitrogens with zero attached hydrogens (tertiary/aromatic N) is 1. The minimum Gasteiger partial charge on any atom is -0.354 e. The third-order valence-electron chi connectivity index (χ3n) is 3.35. The summed E-state index contributed by atoms with van der Waals surface area (Å²) >= 11 is 0. The standard InChI is InChI=1S/C13H27N3O/c1-11(6-9-16(2)3)15-13(17)10-12-4-7-14-8-5-12/h11-12,14H,4-10H2,1-3H3,(H,15,17). The second-order valence-electron chi connectivity index (χ2n) is 5.46. The van der Waals surface area contributed by atoms with E-state index in [1.54, 1.807) is 0 Å². The Morgan fingerprint density at radius 1 is 1.41 bits per heavy atom. The summed E-state index contributed by atoms with van der Waals surface area (Å²) in [5, 5.41) is 6.42. The SMILES string of the molecule is CC(CCN(C)C)NC(=O)CC1CCNCC1. The Morgan fingerprint density at radius 2 is 2.06 bits per heavy atom. The molecule has 1 atom stereocenters. The molecule has 0 aromatic rings. The highest BCUT2D eigenvalue weighted by atomic mass is 16.1. The number of carbonyl (C=O) groups excluding carboxylic acids is 1. The van der Waals surface area contributed by atoms with Crippen LogP contribution in [-0.2, 0) is 4.79 Å². The van der Waals surface area contributed by atoms with E-state index < -0.39 is 0 Å². The van der Waals surface area contributed by atoms with Gasteiger partial charge in [0.15, 0.2) is 0 Å². The van der Waals surface area contributed by atoms with Crippen LogP contribution in [0.3, 0.4) is 0 Å². The van der Waals surface area contributed by atoms with Crippen molar-refractivity contribution in [1.29, 1.82) is 0 Å². The van der Waals surface area contributed by atoms with Gasteiger partial charge in [0.1, 0.15) is 0 Å². The molecule has 1 rings (SSSR count). The van der Waals surface area contributed by atoms with E-state index in [2.05, 4.69) is 36.6 Å². The van der Waals surface area contributed by atoms with Crippen LogP contribution in [0, 0.1) is 5.92 Å². The molecule has 1 heterocycles. The smallest absolute Gasteiger partial charge is 0.220 e. The van der Waals surface area contributed by atoms with E-state index in [1.807, 2.05) is 0 Å². The van der Waals surface area contributed by atoms with Gasteiger partial charge in [-0.2, -0.15) is 0 Å². The summed E-state index contributed by atoms with van der Waals surface area (Å²) in [5.41, 5.74) is 0. The fraction of sp³-hybridized carbons (Fsp3) is 0.923. The zero-order valence-corrected chi connectivity index (χ0v) is 11.5. The van der Waals surface area contributed by atoms with E-state index in [-0.39, 0.29) is 11.9 Å². The molecule has 0 radical (unpaired) electrons. The van der Waals surface area contributed by atoms with E-state index in [0.717, 1.165) is 38.9 Å². The van der Waals surface area contributed by atoms with Gasteiger partial charge in [0.25, 0.3) is 0 Å². The summed E-state index contributed by atoms with van der Waals surface area (Å²) in [6.07, 6.45) is 4.00. The van der Waals surface area contributed by atoms with Crippen molar-refractivity contribution in [3.63, 3.8) is 0 Å². The van der Waals surface area contributed by atoms with Gasteiger partial charge in [-0.05, 0) is 65.8 Å². The number of amides is 1. The quantitative estimate of drug-likeness (QED) is 0.724. The number of carbonyl (C=O) groups is 1. The zero-order chi connectivity index (χ0) is 12.7. The van der Waals surface area contributed by atoms with Gasteiger partial charge in [0, 0.05) is 12.5 Å². The Labute approximate surface area is 105 Å². The van der Waals surface area contributed by atoms with Crippen molar-refractivity contribution < 1.29 is 4.79 Å². The van der Waals surface area contributed by atoms with Gasteiger partial charge < -0.3 is 15.5 Å². The van der Waals surface area contributed by atoms with E-state index in [0.29, 0.717) is 12.3 Å². The van der Waals surface area contributed by atoms with E-state index in [9.17, 15) is 4.79 Å². The van der Waals surface area contributed by atoms with Crippen LogP contribution >= 0.6 is 0 Å². The molecule has 1 amide bonds. The van der Waals surface area contributed by atoms with Crippen molar-refractivity contribution >= 4 is 5.91 Å². The minimum absolute atomic E-state index is 0.225. The van der Waals surface area contributed by atoms with E-state index in [1.165, 1.54) is 0 Å². The average molecular weight is 241 g/mol. The van der Waals surface area contributed by atoms with Crippen molar-refractivity contribution in [3.05, 3.63) is 0 Å². The Bertz CT molecular complexity index is 225. The largest absolute Gasteiger partial charge is 0.354 e. The Kier molecular flexibility index (Phi) is 6.52. The number of rotatable bonds is 6. The molecule has 2 N–H and O–H groups in total. The maximum absolute atomic E-state index is 11.8. The summed E-state index contributed by atoms with van der Waals surface area (Å²) in [6.45, 7) is 5.24. The lowest BCUT2D eigenvalue weighted by Gasteiger charge is -2.23. The number of hydrogen-bond acceptors (Lipinski definition) is 3. The lowest BCUT2D eigenvalue weighted by atomic mass is 9.94. The molecular formula is C13H27N3O. The van der Waals surface area contributed by atoms with Gasteiger partial charge in [-0.15, -0.1) is 0 Å². The fourth-order valence-corrected chi connectivity index (χ4v) is 2.21. The van der Waals surface area contributed by atoms with Crippen molar-refractivity contribution in [2.24, 2.45) is 5.92 Å². The van der Waals surface area contributed by atoms with Crippen LogP contribution in [0.1, 0.15) is 32.6 Å². The topological polar surface area (TPSA) is 44.4 Å². The first-order valence-electron chi connectivity index (χ1n) is 6.72. The van der Waals surface area contributed by atoms with Gasteiger partial charge in [0.05, 0.1) is 0 Å². The molecule has 1 unspecified atom stereocenters. The number of nitrogens with one attached hydrogen (secondary N) is 2. The molecule has 100 valence electrons. The third-order valence-corrected chi connectivity index (χ3v) is 3.35. The number of piperidine rings is 1. The molecule has 4 nitrogen and oxygen atoms in total. The monoisotopic (exact) mass is 241 g/mol. The second-order valence-corrected chi connectivity index (χ2v) is 5.46. The molecule has 0 saturated carbocycles. The molecule has 1 aliphatic rings. The lowest BCUT2D eigenvalue weighted by molar-refractivity contribution is -0.122. The van der Waals surface area contributed by atoms with Crippen molar-refractivity contribution in [2.75, 3.05) is 33.7 Å². The van der Waals surface area contributed by atoms with E-state index >= 15 is 0 Å². The molecule has 0 spiro atoms. The number of hydrogen-bond donors (Lipinski definition) is 2. The van der Waals surface area contributed by atoms with Gasteiger partial charge in [-0.1, -0.05) is 0 Å². The highest BCUT2D eigenvalue weighted by molar-refractivity contribution is 5.76. The van der Waals surface area contributed by atoms with Crippen LogP contribution in [-0.4, -0.2) is 50.6 Å². The highest BCUT2D eigenvalue weighted by Gasteiger charge is 2.17. The predicted octanol–water partition coefficient (Wildman–Crippen LogP) is 0.833. The van der Waals surface area contributed by atoms with Crippen LogP contribution < -0.4 is 10.6 Å². The maximum Gasteiger partial charge on any atom is 0.220 e. The first kappa shape index (κ1) is 14.5. The molecule has 1 aliphatic heterocycles. The molecule has 1 fully saturated rings. The molecule has 4 heteroatoms. The Morgan fingerprint density at radius 3 is 2.65 bits per heavy atom. The van der Waals surface area contributed by atoms with Gasteiger partial charge in [-0.3, -0.25) is 4.79 Å². The maximum atomic E-state index is 11.8. The average Bonchev–Trinajstić information content (AvgIpc) is 2.27. The van der Waals surface area contributed by atoms with Crippen LogP contribution in [0.2, 0.25) is 0 Å². The van der Waals surface area contributed by atoms with E-state index in [4.69, 9.17) is 0 Å². The van der Waals surface area contributed by atoms with Gasteiger partial charge >= 0.3 is 0 Å². The second kappa shape index (κ2) is 7.67. The van der Waals surface area contributed by atoms with Crippen molar-refractivity contribution in [2.45, 2.75) is 38.6 Å². The molecule has 17 heavy (non-hydrogen) atoms. The van der Waals surface area contributed by atoms with Crippen LogP contribution in [0.5, 0.6) is 0 Å². The fourth-order valence-electron chi connectivity index (χ4n) is 2.21. The van der Waals surface area contributed by atoms with Crippen molar-refractivity contribution in [3.8, 4) is 0 Å². The van der Waals surface area contributed by atoms with Gasteiger partial charge in [0.2, 0.25) is 5.91 Å². The van der Waals surface area contributed by atoms with Crippen LogP contribution in [0.4, 0.5) is 0 Å². The molecular weight excluding hydrogens is 214 g/mol. The normalized spacial score (nSPS) is 19.3. The summed E-state index contributed by atoms with van der Waals surface area (Å²) in [7, 11) is 4.12.